The van der Waals surface area contributed by atoms with Crippen molar-refractivity contribution in [2.45, 2.75) is 19.8 Å². The molecule has 0 saturated carbocycles. The summed E-state index contributed by atoms with van der Waals surface area (Å²) in [7, 11) is 0. The fourth-order valence-electron chi connectivity index (χ4n) is 2.28. The third-order valence-electron chi connectivity index (χ3n) is 3.85. The number of halogens is 2. The predicted molar refractivity (Wildman–Crippen MR) is 75.0 cm³/mol. The highest BCUT2D eigenvalue weighted by Gasteiger charge is 2.38. The summed E-state index contributed by atoms with van der Waals surface area (Å²) in [6.07, 6.45) is 0.750. The number of carbonyl (C=O) groups excluding carboxylic acids is 1. The molecule has 0 unspecified atom stereocenters. The maximum Gasteiger partial charge on any atom is 0.309 e. The number of carbonyl (C=O) groups is 2. The van der Waals surface area contributed by atoms with Gasteiger partial charge in [0, 0.05) is 17.6 Å². The van der Waals surface area contributed by atoms with E-state index in [9.17, 15) is 14.0 Å². The quantitative estimate of drug-likeness (QED) is 0.898. The lowest BCUT2D eigenvalue weighted by molar-refractivity contribution is -0.150. The Morgan fingerprint density at radius 2 is 1.95 bits per heavy atom. The number of piperidine rings is 1. The normalized spacial score (nSPS) is 17.9. The number of carboxylic acid groups (broad SMARTS) is 1. The van der Waals surface area contributed by atoms with Crippen LogP contribution in [0.2, 0.25) is 0 Å². The summed E-state index contributed by atoms with van der Waals surface area (Å²) >= 11 is 3.18. The molecule has 1 aliphatic heterocycles. The maximum absolute atomic E-state index is 13.8. The highest BCUT2D eigenvalue weighted by molar-refractivity contribution is 9.10. The molecule has 0 aliphatic carbocycles. The van der Waals surface area contributed by atoms with Crippen molar-refractivity contribution in [3.8, 4) is 0 Å². The standard InChI is InChI=1S/C14H15BrFNO3/c1-14(13(19)20)5-7-17(8-6-14)12(18)11-9(15)3-2-4-10(11)16/h2-4H,5-8H2,1H3,(H,19,20). The number of carboxylic acids is 1. The van der Waals surface area contributed by atoms with E-state index in [1.807, 2.05) is 0 Å². The van der Waals surface area contributed by atoms with Crippen LogP contribution in [0.5, 0.6) is 0 Å². The summed E-state index contributed by atoms with van der Waals surface area (Å²) < 4.78 is 14.2. The molecule has 1 amide bonds. The molecule has 1 aromatic carbocycles. The molecule has 0 aromatic heterocycles. The van der Waals surface area contributed by atoms with Crippen molar-refractivity contribution in [2.75, 3.05) is 13.1 Å². The van der Waals surface area contributed by atoms with Crippen LogP contribution in [0.25, 0.3) is 0 Å². The monoisotopic (exact) mass is 343 g/mol. The first-order valence-corrected chi connectivity index (χ1v) is 7.11. The smallest absolute Gasteiger partial charge is 0.309 e. The summed E-state index contributed by atoms with van der Waals surface area (Å²) in [4.78, 5) is 25.0. The first kappa shape index (κ1) is 15.0. The molecule has 4 nitrogen and oxygen atoms in total. The second-order valence-corrected chi connectivity index (χ2v) is 6.11. The number of rotatable bonds is 2. The second-order valence-electron chi connectivity index (χ2n) is 5.25. The molecule has 6 heteroatoms. The molecule has 108 valence electrons. The van der Waals surface area contributed by atoms with E-state index >= 15 is 0 Å². The van der Waals surface area contributed by atoms with E-state index in [1.165, 1.54) is 17.0 Å². The number of nitrogens with zero attached hydrogens (tertiary/aromatic N) is 1. The Labute approximate surface area is 124 Å². The summed E-state index contributed by atoms with van der Waals surface area (Å²) in [6.45, 7) is 2.32. The fourth-order valence-corrected chi connectivity index (χ4v) is 2.79. The van der Waals surface area contributed by atoms with Crippen molar-refractivity contribution < 1.29 is 19.1 Å². The van der Waals surface area contributed by atoms with Gasteiger partial charge in [-0.05, 0) is 47.8 Å². The lowest BCUT2D eigenvalue weighted by Gasteiger charge is -2.36. The van der Waals surface area contributed by atoms with Gasteiger partial charge in [0.1, 0.15) is 5.82 Å². The topological polar surface area (TPSA) is 57.6 Å². The van der Waals surface area contributed by atoms with Crippen molar-refractivity contribution in [1.29, 1.82) is 0 Å². The zero-order chi connectivity index (χ0) is 14.9. The van der Waals surface area contributed by atoms with Crippen LogP contribution >= 0.6 is 15.9 Å². The largest absolute Gasteiger partial charge is 0.481 e. The third-order valence-corrected chi connectivity index (χ3v) is 4.51. The van der Waals surface area contributed by atoms with Gasteiger partial charge < -0.3 is 10.0 Å². The Morgan fingerprint density at radius 1 is 1.35 bits per heavy atom. The van der Waals surface area contributed by atoms with Crippen molar-refractivity contribution in [3.63, 3.8) is 0 Å². The van der Waals surface area contributed by atoms with Crippen LogP contribution in [0.15, 0.2) is 22.7 Å². The van der Waals surface area contributed by atoms with Gasteiger partial charge in [-0.3, -0.25) is 9.59 Å². The number of benzene rings is 1. The van der Waals surface area contributed by atoms with Crippen LogP contribution < -0.4 is 0 Å². The molecular weight excluding hydrogens is 329 g/mol. The van der Waals surface area contributed by atoms with Gasteiger partial charge in [-0.1, -0.05) is 6.07 Å². The second kappa shape index (κ2) is 5.52. The van der Waals surface area contributed by atoms with Gasteiger partial charge in [-0.25, -0.2) is 4.39 Å². The van der Waals surface area contributed by atoms with Gasteiger partial charge >= 0.3 is 5.97 Å². The highest BCUT2D eigenvalue weighted by Crippen LogP contribution is 2.32. The van der Waals surface area contributed by atoms with Crippen LogP contribution in [0.1, 0.15) is 30.1 Å². The Bertz CT molecular complexity index is 533. The van der Waals surface area contributed by atoms with Crippen molar-refractivity contribution in [2.24, 2.45) is 5.41 Å². The lowest BCUT2D eigenvalue weighted by atomic mass is 9.80. The van der Waals surface area contributed by atoms with Crippen LogP contribution in [0.4, 0.5) is 4.39 Å². The molecule has 1 heterocycles. The van der Waals surface area contributed by atoms with E-state index in [0.717, 1.165) is 0 Å². The predicted octanol–water partition coefficient (Wildman–Crippen LogP) is 2.92. The fraction of sp³-hybridized carbons (Fsp3) is 0.429. The minimum absolute atomic E-state index is 0.00595. The summed E-state index contributed by atoms with van der Waals surface area (Å²) in [5.74, 6) is -1.82. The van der Waals surface area contributed by atoms with Crippen LogP contribution in [0, 0.1) is 11.2 Å². The zero-order valence-corrected chi connectivity index (χ0v) is 12.6. The van der Waals surface area contributed by atoms with Crippen molar-refractivity contribution in [1.82, 2.24) is 4.90 Å². The summed E-state index contributed by atoms with van der Waals surface area (Å²) in [5.41, 5.74) is -0.796. The minimum atomic E-state index is -0.850. The van der Waals surface area contributed by atoms with Crippen molar-refractivity contribution >= 4 is 27.8 Å². The van der Waals surface area contributed by atoms with Crippen LogP contribution in [-0.4, -0.2) is 35.0 Å². The maximum atomic E-state index is 13.8. The zero-order valence-electron chi connectivity index (χ0n) is 11.0. The Kier molecular flexibility index (Phi) is 4.13. The van der Waals surface area contributed by atoms with Gasteiger partial charge in [0.15, 0.2) is 0 Å². The van der Waals surface area contributed by atoms with E-state index in [-0.39, 0.29) is 5.56 Å². The van der Waals surface area contributed by atoms with E-state index < -0.39 is 23.1 Å². The van der Waals surface area contributed by atoms with E-state index in [4.69, 9.17) is 5.11 Å². The number of aliphatic carboxylic acids is 1. The third kappa shape index (κ3) is 2.70. The Morgan fingerprint density at radius 3 is 2.45 bits per heavy atom. The Hall–Kier alpha value is -1.43. The summed E-state index contributed by atoms with van der Waals surface area (Å²) in [5, 5.41) is 9.16. The van der Waals surface area contributed by atoms with E-state index in [1.54, 1.807) is 13.0 Å². The number of likely N-dealkylation sites (tertiary alicyclic amines) is 1. The van der Waals surface area contributed by atoms with E-state index in [0.29, 0.717) is 30.4 Å². The molecular formula is C14H15BrFNO3. The van der Waals surface area contributed by atoms with Gasteiger partial charge in [-0.2, -0.15) is 0 Å². The minimum Gasteiger partial charge on any atom is -0.481 e. The molecule has 1 aliphatic rings. The molecule has 0 radical (unpaired) electrons. The molecule has 0 spiro atoms. The average Bonchev–Trinajstić information content (AvgIpc) is 2.39. The molecule has 1 N–H and O–H groups in total. The number of hydrogen-bond acceptors (Lipinski definition) is 2. The van der Waals surface area contributed by atoms with Crippen molar-refractivity contribution in [3.05, 3.63) is 34.1 Å². The van der Waals surface area contributed by atoms with Crippen LogP contribution in [-0.2, 0) is 4.79 Å². The first-order valence-electron chi connectivity index (χ1n) is 6.32. The SMILES string of the molecule is CC1(C(=O)O)CCN(C(=O)c2c(F)cccc2Br)CC1. The van der Waals surface area contributed by atoms with Gasteiger partial charge in [0.25, 0.3) is 5.91 Å². The lowest BCUT2D eigenvalue weighted by Crippen LogP contribution is -2.45. The van der Waals surface area contributed by atoms with Gasteiger partial charge in [0.2, 0.25) is 0 Å². The van der Waals surface area contributed by atoms with Gasteiger partial charge in [-0.15, -0.1) is 0 Å². The molecule has 1 fully saturated rings. The molecule has 20 heavy (non-hydrogen) atoms. The molecule has 0 bridgehead atoms. The first-order chi connectivity index (χ1) is 9.35. The highest BCUT2D eigenvalue weighted by atomic mass is 79.9. The van der Waals surface area contributed by atoms with Gasteiger partial charge in [0.05, 0.1) is 11.0 Å². The molecule has 1 saturated heterocycles. The molecule has 2 rings (SSSR count). The summed E-state index contributed by atoms with van der Waals surface area (Å²) in [6, 6.07) is 4.37. The number of hydrogen-bond donors (Lipinski definition) is 1. The van der Waals surface area contributed by atoms with E-state index in [2.05, 4.69) is 15.9 Å². The molecule has 0 atom stereocenters. The average molecular weight is 344 g/mol. The molecule has 1 aromatic rings. The van der Waals surface area contributed by atoms with Crippen LogP contribution in [0.3, 0.4) is 0 Å². The Balaban J connectivity index is 2.15. The number of amides is 1.